The maximum atomic E-state index is 10.1. The van der Waals surface area contributed by atoms with Crippen LogP contribution in [0.5, 0.6) is 0 Å². The Labute approximate surface area is 183 Å². The van der Waals surface area contributed by atoms with Crippen LogP contribution in [0.25, 0.3) is 0 Å². The molecule has 0 aromatic carbocycles. The topological polar surface area (TPSA) is 40.5 Å². The highest BCUT2D eigenvalue weighted by atomic mass is 16.3. The number of hydrogen-bond acceptors (Lipinski definition) is 2. The van der Waals surface area contributed by atoms with E-state index < -0.39 is 12.2 Å². The monoisotopic (exact) mass is 410 g/mol. The van der Waals surface area contributed by atoms with E-state index in [2.05, 4.69) is 51.7 Å². The average Bonchev–Trinajstić information content (AvgIpc) is 3.49. The molecule has 7 atom stereocenters. The first-order valence-corrected chi connectivity index (χ1v) is 12.4. The quantitative estimate of drug-likeness (QED) is 0.517. The molecule has 0 aromatic rings. The molecule has 0 bridgehead atoms. The SMILES string of the molecule is C=C1/C(=C\C=C2/CCC[C@]3(C)[C@@H]([C@H](C)/C=C/[C@H](C)C4CC4)CC[C@@H]23)C[C@@H](O)C[C@@H]1O. The largest absolute Gasteiger partial charge is 0.393 e. The lowest BCUT2D eigenvalue weighted by Gasteiger charge is -2.44. The van der Waals surface area contributed by atoms with Crippen molar-refractivity contribution in [3.8, 4) is 0 Å². The Hall–Kier alpha value is -1.12. The molecule has 0 spiro atoms. The van der Waals surface area contributed by atoms with Crippen molar-refractivity contribution >= 4 is 0 Å². The predicted octanol–water partition coefficient (Wildman–Crippen LogP) is 6.37. The fraction of sp³-hybridized carbons (Fsp3) is 0.714. The Balaban J connectivity index is 1.48. The molecule has 0 heterocycles. The van der Waals surface area contributed by atoms with Crippen molar-refractivity contribution in [2.24, 2.45) is 35.0 Å². The van der Waals surface area contributed by atoms with E-state index in [1.165, 1.54) is 44.9 Å². The molecule has 4 rings (SSSR count). The summed E-state index contributed by atoms with van der Waals surface area (Å²) < 4.78 is 0. The number of rotatable bonds is 5. The summed E-state index contributed by atoms with van der Waals surface area (Å²) in [5.74, 6) is 3.80. The molecule has 4 aliphatic rings. The number of aliphatic hydroxyl groups excluding tert-OH is 2. The van der Waals surface area contributed by atoms with Crippen LogP contribution in [-0.2, 0) is 0 Å². The Kier molecular flexibility index (Phi) is 6.47. The molecule has 0 saturated heterocycles. The van der Waals surface area contributed by atoms with Gasteiger partial charge in [0, 0.05) is 6.42 Å². The van der Waals surface area contributed by atoms with Crippen LogP contribution in [0.2, 0.25) is 0 Å². The Morgan fingerprint density at radius 1 is 1.03 bits per heavy atom. The molecule has 4 aliphatic carbocycles. The maximum Gasteiger partial charge on any atom is 0.0811 e. The lowest BCUT2D eigenvalue weighted by atomic mass is 9.61. The summed E-state index contributed by atoms with van der Waals surface area (Å²) >= 11 is 0. The smallest absolute Gasteiger partial charge is 0.0811 e. The van der Waals surface area contributed by atoms with Crippen LogP contribution in [0.15, 0.2) is 47.6 Å². The van der Waals surface area contributed by atoms with Crippen molar-refractivity contribution in [3.05, 3.63) is 47.6 Å². The molecule has 0 aromatic heterocycles. The molecule has 0 amide bonds. The number of aliphatic hydroxyl groups is 2. The van der Waals surface area contributed by atoms with Gasteiger partial charge in [-0.15, -0.1) is 0 Å². The van der Waals surface area contributed by atoms with Gasteiger partial charge in [0.2, 0.25) is 0 Å². The molecule has 2 heteroatoms. The van der Waals surface area contributed by atoms with Crippen LogP contribution in [0.1, 0.15) is 78.6 Å². The van der Waals surface area contributed by atoms with E-state index in [4.69, 9.17) is 0 Å². The highest BCUT2D eigenvalue weighted by Gasteiger charge is 2.50. The Morgan fingerprint density at radius 2 is 1.77 bits per heavy atom. The first kappa shape index (κ1) is 22.1. The predicted molar refractivity (Wildman–Crippen MR) is 125 cm³/mol. The minimum absolute atomic E-state index is 0.401. The zero-order chi connectivity index (χ0) is 21.5. The third kappa shape index (κ3) is 4.41. The summed E-state index contributed by atoms with van der Waals surface area (Å²) in [5, 5.41) is 20.2. The molecular formula is C28H42O2. The van der Waals surface area contributed by atoms with E-state index >= 15 is 0 Å². The normalized spacial score (nSPS) is 42.1. The standard InChI is InChI=1S/C28H42O2/c1-18(21-9-10-21)7-8-19(2)25-13-14-26-22(6-5-15-28(25,26)4)11-12-23-16-24(29)17-27(30)20(23)3/h7-8,11-12,18-19,21,24-27,29-30H,3,5-6,9-10,13-17H2,1-2,4H3/b8-7+,22-11+,23-12-/t18-,19+,24+,25+,26-,27-,28+/m0/s1. The number of allylic oxidation sites excluding steroid dienone is 5. The highest BCUT2D eigenvalue weighted by Crippen LogP contribution is 2.59. The summed E-state index contributed by atoms with van der Waals surface area (Å²) in [5.41, 5.74) is 3.81. The maximum absolute atomic E-state index is 10.1. The highest BCUT2D eigenvalue weighted by molar-refractivity contribution is 5.38. The van der Waals surface area contributed by atoms with Crippen molar-refractivity contribution in [2.75, 3.05) is 0 Å². The second-order valence-electron chi connectivity index (χ2n) is 11.1. The van der Waals surface area contributed by atoms with Gasteiger partial charge >= 0.3 is 0 Å². The van der Waals surface area contributed by atoms with Crippen LogP contribution in [0.3, 0.4) is 0 Å². The van der Waals surface area contributed by atoms with Gasteiger partial charge in [0.1, 0.15) is 0 Å². The Bertz CT molecular complexity index is 740. The van der Waals surface area contributed by atoms with Crippen LogP contribution in [-0.4, -0.2) is 22.4 Å². The average molecular weight is 411 g/mol. The minimum Gasteiger partial charge on any atom is -0.393 e. The summed E-state index contributed by atoms with van der Waals surface area (Å²) in [6, 6.07) is 0. The molecule has 4 fully saturated rings. The van der Waals surface area contributed by atoms with E-state index in [9.17, 15) is 10.2 Å². The lowest BCUT2D eigenvalue weighted by molar-refractivity contribution is 0.0862. The number of hydrogen-bond donors (Lipinski definition) is 2. The van der Waals surface area contributed by atoms with E-state index in [0.29, 0.717) is 30.1 Å². The second-order valence-corrected chi connectivity index (χ2v) is 11.1. The molecule has 2 nitrogen and oxygen atoms in total. The van der Waals surface area contributed by atoms with Gasteiger partial charge in [0.15, 0.2) is 0 Å². The molecule has 166 valence electrons. The van der Waals surface area contributed by atoms with Gasteiger partial charge in [-0.1, -0.05) is 57.2 Å². The summed E-state index contributed by atoms with van der Waals surface area (Å²) in [7, 11) is 0. The van der Waals surface area contributed by atoms with Crippen molar-refractivity contribution in [1.29, 1.82) is 0 Å². The molecular weight excluding hydrogens is 368 g/mol. The second kappa shape index (κ2) is 8.79. The van der Waals surface area contributed by atoms with Gasteiger partial charge < -0.3 is 10.2 Å². The molecule has 2 N–H and O–H groups in total. The van der Waals surface area contributed by atoms with Gasteiger partial charge in [0.05, 0.1) is 12.2 Å². The summed E-state index contributed by atoms with van der Waals surface area (Å²) in [4.78, 5) is 0. The molecule has 0 unspecified atom stereocenters. The lowest BCUT2D eigenvalue weighted by Crippen LogP contribution is -2.35. The van der Waals surface area contributed by atoms with Gasteiger partial charge in [-0.3, -0.25) is 0 Å². The van der Waals surface area contributed by atoms with E-state index in [1.54, 1.807) is 5.57 Å². The third-order valence-corrected chi connectivity index (χ3v) is 9.02. The van der Waals surface area contributed by atoms with Gasteiger partial charge in [-0.2, -0.15) is 0 Å². The van der Waals surface area contributed by atoms with Crippen LogP contribution >= 0.6 is 0 Å². The van der Waals surface area contributed by atoms with Crippen LogP contribution in [0, 0.1) is 35.0 Å². The van der Waals surface area contributed by atoms with Crippen LogP contribution in [0.4, 0.5) is 0 Å². The van der Waals surface area contributed by atoms with Gasteiger partial charge in [-0.25, -0.2) is 0 Å². The van der Waals surface area contributed by atoms with E-state index in [0.717, 1.165) is 28.9 Å². The van der Waals surface area contributed by atoms with Crippen molar-refractivity contribution in [1.82, 2.24) is 0 Å². The first-order chi connectivity index (χ1) is 14.3. The molecule has 0 radical (unpaired) electrons. The molecule has 0 aliphatic heterocycles. The summed E-state index contributed by atoms with van der Waals surface area (Å²) in [6.45, 7) is 11.5. The first-order valence-electron chi connectivity index (χ1n) is 12.4. The van der Waals surface area contributed by atoms with E-state index in [1.807, 2.05) is 0 Å². The van der Waals surface area contributed by atoms with E-state index in [-0.39, 0.29) is 0 Å². The fourth-order valence-electron chi connectivity index (χ4n) is 6.87. The minimum atomic E-state index is -0.600. The van der Waals surface area contributed by atoms with Gasteiger partial charge in [-0.05, 0) is 97.5 Å². The van der Waals surface area contributed by atoms with Gasteiger partial charge in [0.25, 0.3) is 0 Å². The van der Waals surface area contributed by atoms with Crippen LogP contribution < -0.4 is 0 Å². The zero-order valence-electron chi connectivity index (χ0n) is 19.3. The number of fused-ring (bicyclic) bond motifs is 1. The summed E-state index contributed by atoms with van der Waals surface area (Å²) in [6.07, 6.45) is 18.8. The zero-order valence-corrected chi connectivity index (χ0v) is 19.3. The van der Waals surface area contributed by atoms with Crippen molar-refractivity contribution in [3.63, 3.8) is 0 Å². The third-order valence-electron chi connectivity index (χ3n) is 9.02. The fourth-order valence-corrected chi connectivity index (χ4v) is 6.87. The van der Waals surface area contributed by atoms with Crippen molar-refractivity contribution in [2.45, 2.75) is 90.8 Å². The Morgan fingerprint density at radius 3 is 2.50 bits per heavy atom. The molecule has 30 heavy (non-hydrogen) atoms. The van der Waals surface area contributed by atoms with Crippen molar-refractivity contribution < 1.29 is 10.2 Å². The molecule has 4 saturated carbocycles.